The van der Waals surface area contributed by atoms with Crippen LogP contribution in [0.15, 0.2) is 146 Å². The van der Waals surface area contributed by atoms with Gasteiger partial charge >= 0.3 is 0 Å². The Morgan fingerprint density at radius 3 is 1.97 bits per heavy atom. The first-order chi connectivity index (χ1) is 28.3. The molecule has 0 bridgehead atoms. The van der Waals surface area contributed by atoms with Crippen molar-refractivity contribution in [1.82, 2.24) is 33.9 Å². The van der Waals surface area contributed by atoms with E-state index in [1.165, 1.54) is 43.2 Å². The molecular weight excluding hydrogens is 743 g/mol. The Morgan fingerprint density at radius 2 is 1.31 bits per heavy atom. The van der Waals surface area contributed by atoms with E-state index in [-0.39, 0.29) is 5.41 Å². The Morgan fingerprint density at radius 1 is 0.593 bits per heavy atom. The normalized spacial score (nSPS) is 11.2. The summed E-state index contributed by atoms with van der Waals surface area (Å²) in [4.78, 5) is 20.9. The molecule has 0 aliphatic heterocycles. The van der Waals surface area contributed by atoms with Crippen molar-refractivity contribution in [3.63, 3.8) is 0 Å². The van der Waals surface area contributed by atoms with Crippen LogP contribution in [0.2, 0.25) is 0 Å². The molecular formula is C51H61N7S. The molecule has 2 aromatic carbocycles. The van der Waals surface area contributed by atoms with Crippen molar-refractivity contribution in [2.45, 2.75) is 105 Å². The van der Waals surface area contributed by atoms with Crippen molar-refractivity contribution < 1.29 is 0 Å². The molecule has 7 nitrogen and oxygen atoms in total. The fraction of sp³-hybridized carbons (Fsp3) is 0.314. The quantitative estimate of drug-likeness (QED) is 0.177. The highest BCUT2D eigenvalue weighted by Gasteiger charge is 2.16. The number of fused-ring (bicyclic) bond motifs is 4. The second-order valence-electron chi connectivity index (χ2n) is 16.8. The molecule has 9 rings (SSSR count). The zero-order valence-corrected chi connectivity index (χ0v) is 37.5. The van der Waals surface area contributed by atoms with Crippen LogP contribution in [0.5, 0.6) is 0 Å². The second-order valence-corrected chi connectivity index (χ2v) is 17.7. The van der Waals surface area contributed by atoms with Gasteiger partial charge in [0.2, 0.25) is 0 Å². The maximum Gasteiger partial charge on any atom is 0.177 e. The Balaban J connectivity index is 0.000000141. The molecule has 0 saturated heterocycles. The molecule has 8 heteroatoms. The van der Waals surface area contributed by atoms with Gasteiger partial charge in [-0.25, -0.2) is 15.0 Å². The van der Waals surface area contributed by atoms with E-state index in [0.29, 0.717) is 23.8 Å². The zero-order chi connectivity index (χ0) is 42.5. The van der Waals surface area contributed by atoms with E-state index >= 15 is 0 Å². The number of rotatable bonds is 4. The van der Waals surface area contributed by atoms with Crippen LogP contribution in [-0.2, 0) is 5.41 Å². The molecule has 7 heterocycles. The summed E-state index contributed by atoms with van der Waals surface area (Å²) in [7, 11) is 0. The average molecular weight is 804 g/mol. The van der Waals surface area contributed by atoms with Gasteiger partial charge in [-0.1, -0.05) is 117 Å². The van der Waals surface area contributed by atoms with Crippen LogP contribution >= 0.6 is 11.3 Å². The fourth-order valence-corrected chi connectivity index (χ4v) is 7.66. The van der Waals surface area contributed by atoms with Gasteiger partial charge in [-0.15, -0.1) is 11.3 Å². The van der Waals surface area contributed by atoms with Gasteiger partial charge in [-0.3, -0.25) is 9.97 Å². The average Bonchev–Trinajstić information content (AvgIpc) is 3.99. The number of hydrogen-bond acceptors (Lipinski definition) is 6. The number of nitrogens with zero attached hydrogens (tertiary/aromatic N) is 7. The van der Waals surface area contributed by atoms with Crippen molar-refractivity contribution in [3.8, 4) is 0 Å². The van der Waals surface area contributed by atoms with Gasteiger partial charge in [0, 0.05) is 65.2 Å². The number of benzene rings is 2. The Hall–Kier alpha value is -5.73. The summed E-state index contributed by atoms with van der Waals surface area (Å²) in [5.74, 6) is 1.77. The van der Waals surface area contributed by atoms with E-state index in [2.05, 4.69) is 176 Å². The molecule has 0 N–H and O–H groups in total. The maximum atomic E-state index is 4.30. The van der Waals surface area contributed by atoms with Gasteiger partial charge in [0.1, 0.15) is 5.65 Å². The van der Waals surface area contributed by atoms with Crippen LogP contribution in [0.1, 0.15) is 122 Å². The first-order valence-corrected chi connectivity index (χ1v) is 21.5. The summed E-state index contributed by atoms with van der Waals surface area (Å²) in [6.45, 7) is 24.1. The van der Waals surface area contributed by atoms with Crippen molar-refractivity contribution in [2.75, 3.05) is 0 Å². The van der Waals surface area contributed by atoms with Crippen molar-refractivity contribution >= 4 is 49.0 Å². The van der Waals surface area contributed by atoms with Crippen molar-refractivity contribution in [2.24, 2.45) is 0 Å². The lowest BCUT2D eigenvalue weighted by atomic mass is 9.85. The van der Waals surface area contributed by atoms with Gasteiger partial charge in [0.05, 0.1) is 11.8 Å². The van der Waals surface area contributed by atoms with Crippen LogP contribution in [-0.4, -0.2) is 33.9 Å². The summed E-state index contributed by atoms with van der Waals surface area (Å²) in [6.07, 6.45) is 15.2. The van der Waals surface area contributed by atoms with Gasteiger partial charge in [-0.05, 0) is 106 Å². The highest BCUT2D eigenvalue weighted by molar-refractivity contribution is 7.17. The van der Waals surface area contributed by atoms with Crippen molar-refractivity contribution in [1.29, 1.82) is 0 Å². The summed E-state index contributed by atoms with van der Waals surface area (Å²) in [5, 5.41) is 6.24. The third-order valence-electron chi connectivity index (χ3n) is 9.90. The Kier molecular flexibility index (Phi) is 15.6. The van der Waals surface area contributed by atoms with Gasteiger partial charge in [0.15, 0.2) is 5.65 Å². The van der Waals surface area contributed by atoms with Gasteiger partial charge in [-0.2, -0.15) is 0 Å². The number of thiophene rings is 1. The highest BCUT2D eigenvalue weighted by Crippen LogP contribution is 2.31. The van der Waals surface area contributed by atoms with E-state index in [9.17, 15) is 0 Å². The van der Waals surface area contributed by atoms with Crippen molar-refractivity contribution in [3.05, 3.63) is 168 Å². The molecule has 0 aliphatic carbocycles. The number of pyridine rings is 4. The van der Waals surface area contributed by atoms with E-state index in [1.807, 2.05) is 78.8 Å². The fourth-order valence-electron chi connectivity index (χ4n) is 6.54. The monoisotopic (exact) mass is 803 g/mol. The van der Waals surface area contributed by atoms with Gasteiger partial charge in [0.25, 0.3) is 0 Å². The lowest BCUT2D eigenvalue weighted by Crippen LogP contribution is -2.11. The minimum absolute atomic E-state index is 0.161. The van der Waals surface area contributed by atoms with Crippen LogP contribution in [0.3, 0.4) is 0 Å². The molecule has 0 unspecified atom stereocenters. The topological polar surface area (TPSA) is 73.8 Å². The van der Waals surface area contributed by atoms with Crippen LogP contribution < -0.4 is 0 Å². The molecule has 0 aliphatic rings. The largest absolute Gasteiger partial charge is 0.327 e. The van der Waals surface area contributed by atoms with Crippen LogP contribution in [0.25, 0.3) is 37.7 Å². The smallest absolute Gasteiger partial charge is 0.177 e. The molecule has 0 radical (unpaired) electrons. The molecule has 0 spiro atoms. The molecule has 59 heavy (non-hydrogen) atoms. The van der Waals surface area contributed by atoms with Gasteiger partial charge < -0.3 is 8.97 Å². The minimum atomic E-state index is 0.161. The van der Waals surface area contributed by atoms with E-state index < -0.39 is 0 Å². The lowest BCUT2D eigenvalue weighted by Gasteiger charge is -2.20. The first-order valence-electron chi connectivity index (χ1n) is 20.6. The minimum Gasteiger partial charge on any atom is -0.327 e. The maximum absolute atomic E-state index is 4.30. The van der Waals surface area contributed by atoms with E-state index in [0.717, 1.165) is 16.8 Å². The molecule has 0 atom stereocenters. The highest BCUT2D eigenvalue weighted by atomic mass is 32.1. The standard InChI is InChI=1S/C13H15N.C11H12S.C10H12N2.C9H11N3.C8H11N/c1-13(2,3)12-9-14-8-10-6-4-5-7-11(10)12;1-8(2)10-7-12-11-6-4-3-5-9(10)11;1-8(2)9-7-11-10-5-3-4-6-12(9)10;1-7(2)12-6-11-9-8(12)4-3-5-10-9;1-7(2)8-4-3-5-9-6-8/h4-9H,1-3H3;2*3-8H,1-2H3;3-7H,1-2H3;3-7H,1-2H3. The summed E-state index contributed by atoms with van der Waals surface area (Å²) >= 11 is 1.84. The van der Waals surface area contributed by atoms with Crippen LogP contribution in [0.4, 0.5) is 0 Å². The van der Waals surface area contributed by atoms with E-state index in [1.54, 1.807) is 12.4 Å². The SMILES string of the molecule is CC(C)(C)c1cncc2ccccc12.CC(C)c1cccnc1.CC(C)c1cnc2ccccn12.CC(C)c1csc2ccccc12.CC(C)n1cnc2ncccc21. The lowest BCUT2D eigenvalue weighted by molar-refractivity contribution is 0.593. The molecule has 306 valence electrons. The molecule has 0 amide bonds. The van der Waals surface area contributed by atoms with E-state index in [4.69, 9.17) is 0 Å². The number of imidazole rings is 2. The Bertz CT molecular complexity index is 2430. The molecule has 0 saturated carbocycles. The summed E-state index contributed by atoms with van der Waals surface area (Å²) in [6, 6.07) is 31.5. The molecule has 0 fully saturated rings. The second kappa shape index (κ2) is 20.8. The number of aromatic nitrogens is 7. The van der Waals surface area contributed by atoms with Crippen LogP contribution in [0, 0.1) is 0 Å². The summed E-state index contributed by atoms with van der Waals surface area (Å²) < 4.78 is 5.65. The summed E-state index contributed by atoms with van der Waals surface area (Å²) in [5.41, 5.74) is 8.49. The number of hydrogen-bond donors (Lipinski definition) is 0. The third kappa shape index (κ3) is 11.9. The molecule has 7 aromatic heterocycles. The Labute approximate surface area is 355 Å². The molecule has 9 aromatic rings. The predicted octanol–water partition coefficient (Wildman–Crippen LogP) is 14.2. The first kappa shape index (κ1) is 44.4. The zero-order valence-electron chi connectivity index (χ0n) is 36.7. The third-order valence-corrected chi connectivity index (χ3v) is 10.9. The predicted molar refractivity (Wildman–Crippen MR) is 252 cm³/mol.